The third-order valence-electron chi connectivity index (χ3n) is 2.92. The average Bonchev–Trinajstić information content (AvgIpc) is 2.57. The molecular formula is C17H14Cl2N2O2S. The van der Waals surface area contributed by atoms with E-state index in [1.54, 1.807) is 42.5 Å². The molecule has 0 aliphatic rings. The number of nitrogens with one attached hydrogen (secondary N) is 1. The summed E-state index contributed by atoms with van der Waals surface area (Å²) in [6, 6.07) is 13.9. The molecule has 2 rings (SSSR count). The predicted octanol–water partition coefficient (Wildman–Crippen LogP) is 4.62. The second-order valence-corrected chi connectivity index (χ2v) is 6.61. The van der Waals surface area contributed by atoms with E-state index in [4.69, 9.17) is 33.2 Å². The zero-order valence-corrected chi connectivity index (χ0v) is 14.9. The van der Waals surface area contributed by atoms with Crippen LogP contribution in [0, 0.1) is 11.3 Å². The van der Waals surface area contributed by atoms with E-state index in [1.165, 1.54) is 11.8 Å². The Morgan fingerprint density at radius 1 is 1.17 bits per heavy atom. The van der Waals surface area contributed by atoms with Crippen LogP contribution in [-0.2, 0) is 4.79 Å². The summed E-state index contributed by atoms with van der Waals surface area (Å²) in [4.78, 5) is 11.8. The van der Waals surface area contributed by atoms with E-state index >= 15 is 0 Å². The molecule has 7 heteroatoms. The highest BCUT2D eigenvalue weighted by molar-refractivity contribution is 7.99. The molecule has 0 aromatic heterocycles. The van der Waals surface area contributed by atoms with E-state index in [-0.39, 0.29) is 5.91 Å². The number of thioether (sulfide) groups is 1. The number of amides is 1. The van der Waals surface area contributed by atoms with Crippen LogP contribution in [0.4, 0.5) is 5.69 Å². The first-order valence-corrected chi connectivity index (χ1v) is 8.96. The van der Waals surface area contributed by atoms with Crippen LogP contribution in [0.15, 0.2) is 42.5 Å². The summed E-state index contributed by atoms with van der Waals surface area (Å²) < 4.78 is 5.55. The van der Waals surface area contributed by atoms with Gasteiger partial charge in [0.05, 0.1) is 34.0 Å². The number of rotatable bonds is 7. The maximum atomic E-state index is 11.8. The van der Waals surface area contributed by atoms with Crippen molar-refractivity contribution in [2.45, 2.75) is 0 Å². The number of halogens is 2. The van der Waals surface area contributed by atoms with Gasteiger partial charge < -0.3 is 10.1 Å². The maximum Gasteiger partial charge on any atom is 0.234 e. The van der Waals surface area contributed by atoms with E-state index in [9.17, 15) is 4.79 Å². The standard InChI is InChI=1S/C17H14Cl2N2O2S/c18-14-2-1-3-15(19)17(14)23-8-9-24-11-16(22)21-13-6-4-12(10-20)5-7-13/h1-7H,8-9,11H2,(H,21,22). The van der Waals surface area contributed by atoms with Crippen molar-refractivity contribution in [3.05, 3.63) is 58.1 Å². The monoisotopic (exact) mass is 380 g/mol. The normalized spacial score (nSPS) is 10.0. The summed E-state index contributed by atoms with van der Waals surface area (Å²) in [5, 5.41) is 12.4. The van der Waals surface area contributed by atoms with Gasteiger partial charge in [0.15, 0.2) is 5.75 Å². The molecule has 124 valence electrons. The van der Waals surface area contributed by atoms with Crippen LogP contribution in [0.25, 0.3) is 0 Å². The number of carbonyl (C=O) groups is 1. The molecule has 0 saturated heterocycles. The summed E-state index contributed by atoms with van der Waals surface area (Å²) in [6.45, 7) is 0.401. The van der Waals surface area contributed by atoms with Crippen molar-refractivity contribution in [3.63, 3.8) is 0 Å². The smallest absolute Gasteiger partial charge is 0.234 e. The Labute approximate surface area is 154 Å². The summed E-state index contributed by atoms with van der Waals surface area (Å²) in [5.74, 6) is 1.28. The molecule has 1 amide bonds. The highest BCUT2D eigenvalue weighted by Gasteiger charge is 2.07. The lowest BCUT2D eigenvalue weighted by Crippen LogP contribution is -2.15. The predicted molar refractivity (Wildman–Crippen MR) is 99.1 cm³/mol. The molecule has 24 heavy (non-hydrogen) atoms. The van der Waals surface area contributed by atoms with Crippen molar-refractivity contribution in [1.82, 2.24) is 0 Å². The van der Waals surface area contributed by atoms with Crippen molar-refractivity contribution in [3.8, 4) is 11.8 Å². The Bertz CT molecular complexity index is 725. The summed E-state index contributed by atoms with van der Waals surface area (Å²) in [5.41, 5.74) is 1.22. The van der Waals surface area contributed by atoms with Gasteiger partial charge in [-0.25, -0.2) is 0 Å². The van der Waals surface area contributed by atoms with Gasteiger partial charge in [-0.15, -0.1) is 11.8 Å². The SMILES string of the molecule is N#Cc1ccc(NC(=O)CSCCOc2c(Cl)cccc2Cl)cc1. The molecule has 2 aromatic carbocycles. The number of carbonyl (C=O) groups excluding carboxylic acids is 1. The fourth-order valence-corrected chi connectivity index (χ4v) is 2.92. The number of anilines is 1. The van der Waals surface area contributed by atoms with Gasteiger partial charge in [-0.3, -0.25) is 4.79 Å². The van der Waals surface area contributed by atoms with Gasteiger partial charge in [-0.05, 0) is 36.4 Å². The summed E-state index contributed by atoms with van der Waals surface area (Å²) in [6.07, 6.45) is 0. The molecule has 0 fully saturated rings. The molecule has 1 N–H and O–H groups in total. The first-order valence-electron chi connectivity index (χ1n) is 7.04. The van der Waals surface area contributed by atoms with Crippen molar-refractivity contribution in [1.29, 1.82) is 5.26 Å². The number of nitrogens with zero attached hydrogens (tertiary/aromatic N) is 1. The second kappa shape index (κ2) is 9.43. The quantitative estimate of drug-likeness (QED) is 0.712. The van der Waals surface area contributed by atoms with E-state index in [0.717, 1.165) is 0 Å². The molecule has 4 nitrogen and oxygen atoms in total. The van der Waals surface area contributed by atoms with Gasteiger partial charge in [-0.2, -0.15) is 5.26 Å². The first-order chi connectivity index (χ1) is 11.6. The molecule has 2 aromatic rings. The third kappa shape index (κ3) is 5.64. The molecule has 0 atom stereocenters. The maximum absolute atomic E-state index is 11.8. The minimum atomic E-state index is -0.111. The minimum Gasteiger partial charge on any atom is -0.490 e. The number of benzene rings is 2. The molecule has 0 unspecified atom stereocenters. The van der Waals surface area contributed by atoms with Crippen molar-refractivity contribution >= 4 is 46.6 Å². The van der Waals surface area contributed by atoms with Crippen LogP contribution < -0.4 is 10.1 Å². The first kappa shape index (κ1) is 18.5. The lowest BCUT2D eigenvalue weighted by Gasteiger charge is -2.09. The van der Waals surface area contributed by atoms with Crippen molar-refractivity contribution < 1.29 is 9.53 Å². The van der Waals surface area contributed by atoms with E-state index < -0.39 is 0 Å². The Kier molecular flexibility index (Phi) is 7.26. The fourth-order valence-electron chi connectivity index (χ4n) is 1.81. The molecule has 0 aliphatic carbocycles. The number of para-hydroxylation sites is 1. The number of nitriles is 1. The Balaban J connectivity index is 1.68. The third-order valence-corrected chi connectivity index (χ3v) is 4.44. The zero-order valence-electron chi connectivity index (χ0n) is 12.6. The largest absolute Gasteiger partial charge is 0.490 e. The highest BCUT2D eigenvalue weighted by atomic mass is 35.5. The van der Waals surface area contributed by atoms with Gasteiger partial charge in [0.1, 0.15) is 0 Å². The van der Waals surface area contributed by atoms with Gasteiger partial charge >= 0.3 is 0 Å². The van der Waals surface area contributed by atoms with Crippen LogP contribution in [0.1, 0.15) is 5.56 Å². The molecular weight excluding hydrogens is 367 g/mol. The minimum absolute atomic E-state index is 0.111. The molecule has 0 aliphatic heterocycles. The van der Waals surface area contributed by atoms with E-state index in [0.29, 0.717) is 45.2 Å². The summed E-state index contributed by atoms with van der Waals surface area (Å²) in [7, 11) is 0. The average molecular weight is 381 g/mol. The Morgan fingerprint density at radius 2 is 1.83 bits per heavy atom. The number of ether oxygens (including phenoxy) is 1. The molecule has 0 saturated carbocycles. The summed E-state index contributed by atoms with van der Waals surface area (Å²) >= 11 is 13.5. The lowest BCUT2D eigenvalue weighted by atomic mass is 10.2. The van der Waals surface area contributed by atoms with Gasteiger partial charge in [-0.1, -0.05) is 29.3 Å². The van der Waals surface area contributed by atoms with Crippen molar-refractivity contribution in [2.24, 2.45) is 0 Å². The van der Waals surface area contributed by atoms with E-state index in [1.807, 2.05) is 6.07 Å². The van der Waals surface area contributed by atoms with Crippen molar-refractivity contribution in [2.75, 3.05) is 23.4 Å². The molecule has 0 heterocycles. The molecule has 0 bridgehead atoms. The zero-order chi connectivity index (χ0) is 17.4. The fraction of sp³-hybridized carbons (Fsp3) is 0.176. The van der Waals surface area contributed by atoms with Crippen LogP contribution >= 0.6 is 35.0 Å². The number of hydrogen-bond donors (Lipinski definition) is 1. The van der Waals surface area contributed by atoms with Gasteiger partial charge in [0.2, 0.25) is 5.91 Å². The Morgan fingerprint density at radius 3 is 2.46 bits per heavy atom. The highest BCUT2D eigenvalue weighted by Crippen LogP contribution is 2.32. The van der Waals surface area contributed by atoms with Crippen LogP contribution in [0.5, 0.6) is 5.75 Å². The van der Waals surface area contributed by atoms with Gasteiger partial charge in [0.25, 0.3) is 0 Å². The lowest BCUT2D eigenvalue weighted by molar-refractivity contribution is -0.113. The topological polar surface area (TPSA) is 62.1 Å². The second-order valence-electron chi connectivity index (χ2n) is 4.69. The molecule has 0 radical (unpaired) electrons. The van der Waals surface area contributed by atoms with Gasteiger partial charge in [0, 0.05) is 11.4 Å². The van der Waals surface area contributed by atoms with E-state index in [2.05, 4.69) is 5.32 Å². The van der Waals surface area contributed by atoms with Crippen LogP contribution in [0.2, 0.25) is 10.0 Å². The Hall–Kier alpha value is -1.87. The van der Waals surface area contributed by atoms with Crippen LogP contribution in [-0.4, -0.2) is 24.0 Å². The van der Waals surface area contributed by atoms with Crippen LogP contribution in [0.3, 0.4) is 0 Å². The molecule has 0 spiro atoms. The number of hydrogen-bond acceptors (Lipinski definition) is 4.